The number of rotatable bonds is 5. The van der Waals surface area contributed by atoms with Gasteiger partial charge in [-0.05, 0) is 31.4 Å². The molecule has 0 radical (unpaired) electrons. The average molecular weight is 269 g/mol. The molecule has 0 bridgehead atoms. The van der Waals surface area contributed by atoms with Crippen molar-refractivity contribution in [2.45, 2.75) is 17.9 Å². The van der Waals surface area contributed by atoms with E-state index >= 15 is 0 Å². The van der Waals surface area contributed by atoms with Crippen molar-refractivity contribution in [1.29, 1.82) is 0 Å². The number of carbonyl (C=O) groups is 2. The van der Waals surface area contributed by atoms with Crippen LogP contribution < -0.4 is 10.1 Å². The summed E-state index contributed by atoms with van der Waals surface area (Å²) in [5.74, 6) is 0.319. The number of carboxylic acid groups (broad SMARTS) is 1. The van der Waals surface area contributed by atoms with Crippen molar-refractivity contribution in [2.24, 2.45) is 0 Å². The van der Waals surface area contributed by atoms with Gasteiger partial charge in [0.1, 0.15) is 5.75 Å². The van der Waals surface area contributed by atoms with Crippen LogP contribution in [0.25, 0.3) is 0 Å². The molecule has 0 aliphatic rings. The Balaban J connectivity index is 2.96. The van der Waals surface area contributed by atoms with Crippen LogP contribution in [0.4, 0.5) is 4.79 Å². The Kier molecular flexibility index (Phi) is 5.03. The maximum Gasteiger partial charge on any atom is 0.405 e. The van der Waals surface area contributed by atoms with Crippen molar-refractivity contribution in [1.82, 2.24) is 5.32 Å². The molecule has 0 unspecified atom stereocenters. The first kappa shape index (κ1) is 14.4. The van der Waals surface area contributed by atoms with Crippen molar-refractivity contribution in [2.75, 3.05) is 13.4 Å². The lowest BCUT2D eigenvalue weighted by Crippen LogP contribution is -2.37. The van der Waals surface area contributed by atoms with E-state index in [9.17, 15) is 9.59 Å². The normalized spacial score (nSPS) is 11.7. The molecule has 2 N–H and O–H groups in total. The molecular weight excluding hydrogens is 254 g/mol. The number of benzene rings is 1. The van der Waals surface area contributed by atoms with E-state index in [0.717, 1.165) is 4.90 Å². The monoisotopic (exact) mass is 269 g/mol. The Morgan fingerprint density at radius 1 is 1.44 bits per heavy atom. The lowest BCUT2D eigenvalue weighted by molar-refractivity contribution is 0.0945. The second kappa shape index (κ2) is 6.30. The van der Waals surface area contributed by atoms with Gasteiger partial charge in [-0.1, -0.05) is 0 Å². The van der Waals surface area contributed by atoms with E-state index in [0.29, 0.717) is 11.3 Å². The maximum atomic E-state index is 12.0. The van der Waals surface area contributed by atoms with E-state index in [4.69, 9.17) is 9.84 Å². The molecule has 0 spiro atoms. The number of nitrogens with one attached hydrogen (secondary N) is 1. The molecule has 5 nitrogen and oxygen atoms in total. The number of hydrogen-bond acceptors (Lipinski definition) is 4. The molecule has 1 aromatic rings. The Morgan fingerprint density at radius 3 is 2.61 bits per heavy atom. The third-order valence-corrected chi connectivity index (χ3v) is 3.18. The summed E-state index contributed by atoms with van der Waals surface area (Å²) in [6.07, 6.45) is 0.692. The summed E-state index contributed by atoms with van der Waals surface area (Å²) in [7, 11) is 1.53. The van der Waals surface area contributed by atoms with Crippen LogP contribution in [0.5, 0.6) is 5.75 Å². The largest absolute Gasteiger partial charge is 0.496 e. The van der Waals surface area contributed by atoms with Crippen LogP contribution in [0.1, 0.15) is 17.3 Å². The van der Waals surface area contributed by atoms with Crippen LogP contribution in [-0.2, 0) is 0 Å². The highest BCUT2D eigenvalue weighted by atomic mass is 32.2. The van der Waals surface area contributed by atoms with Gasteiger partial charge in [0.05, 0.1) is 13.2 Å². The topological polar surface area (TPSA) is 75.6 Å². The van der Waals surface area contributed by atoms with Crippen LogP contribution in [-0.4, -0.2) is 36.4 Å². The number of ether oxygens (including phenoxy) is 1. The third-order valence-electron chi connectivity index (χ3n) is 2.40. The van der Waals surface area contributed by atoms with Gasteiger partial charge in [0.2, 0.25) is 0 Å². The number of ketones is 1. The van der Waals surface area contributed by atoms with Crippen LogP contribution in [0.2, 0.25) is 0 Å². The molecule has 0 saturated carbocycles. The predicted octanol–water partition coefficient (Wildman–Crippen LogP) is 2.26. The number of Topliss-reactive ketones (excluding diaryl/α,β-unsaturated/α-hetero) is 1. The molecule has 18 heavy (non-hydrogen) atoms. The first-order valence-electron chi connectivity index (χ1n) is 5.25. The van der Waals surface area contributed by atoms with Gasteiger partial charge < -0.3 is 15.2 Å². The van der Waals surface area contributed by atoms with E-state index in [-0.39, 0.29) is 5.78 Å². The van der Waals surface area contributed by atoms with Gasteiger partial charge in [-0.25, -0.2) is 4.79 Å². The Bertz CT molecular complexity index is 461. The predicted molar refractivity (Wildman–Crippen MR) is 69.7 cm³/mol. The van der Waals surface area contributed by atoms with E-state index in [1.54, 1.807) is 18.2 Å². The third kappa shape index (κ3) is 3.40. The van der Waals surface area contributed by atoms with Crippen molar-refractivity contribution < 1.29 is 19.4 Å². The zero-order chi connectivity index (χ0) is 13.7. The van der Waals surface area contributed by atoms with Crippen LogP contribution >= 0.6 is 11.8 Å². The Labute approximate surface area is 110 Å². The number of thioether (sulfide) groups is 1. The Morgan fingerprint density at radius 2 is 2.11 bits per heavy atom. The van der Waals surface area contributed by atoms with E-state index in [2.05, 4.69) is 5.32 Å². The SMILES string of the molecule is COc1cc(C(=O)[C@@H](C)NC(=O)O)ccc1SC. The molecule has 0 aliphatic carbocycles. The van der Waals surface area contributed by atoms with Gasteiger partial charge in [0.25, 0.3) is 0 Å². The molecule has 0 aliphatic heterocycles. The van der Waals surface area contributed by atoms with Crippen molar-refractivity contribution >= 4 is 23.6 Å². The smallest absolute Gasteiger partial charge is 0.405 e. The van der Waals surface area contributed by atoms with Gasteiger partial charge in [0, 0.05) is 10.5 Å². The van der Waals surface area contributed by atoms with Crippen molar-refractivity contribution in [3.8, 4) is 5.75 Å². The number of methoxy groups -OCH3 is 1. The molecule has 1 amide bonds. The minimum Gasteiger partial charge on any atom is -0.496 e. The fourth-order valence-corrected chi connectivity index (χ4v) is 2.04. The van der Waals surface area contributed by atoms with Gasteiger partial charge in [0.15, 0.2) is 5.78 Å². The van der Waals surface area contributed by atoms with Gasteiger partial charge >= 0.3 is 6.09 Å². The summed E-state index contributed by atoms with van der Waals surface area (Å²) in [6, 6.07) is 4.28. The van der Waals surface area contributed by atoms with Crippen molar-refractivity contribution in [3.63, 3.8) is 0 Å². The first-order chi connectivity index (χ1) is 8.49. The number of carbonyl (C=O) groups excluding carboxylic acids is 1. The summed E-state index contributed by atoms with van der Waals surface area (Å²) in [5.41, 5.74) is 0.422. The molecule has 6 heteroatoms. The van der Waals surface area contributed by atoms with E-state index in [1.165, 1.54) is 25.8 Å². The second-order valence-electron chi connectivity index (χ2n) is 3.61. The average Bonchev–Trinajstić information content (AvgIpc) is 2.36. The lowest BCUT2D eigenvalue weighted by Gasteiger charge is -2.12. The highest BCUT2D eigenvalue weighted by Gasteiger charge is 2.18. The molecule has 1 rings (SSSR count). The number of hydrogen-bond donors (Lipinski definition) is 2. The van der Waals surface area contributed by atoms with Gasteiger partial charge in [-0.15, -0.1) is 11.8 Å². The molecular formula is C12H15NO4S. The lowest BCUT2D eigenvalue weighted by atomic mass is 10.1. The molecule has 98 valence electrons. The molecule has 0 saturated heterocycles. The highest BCUT2D eigenvalue weighted by Crippen LogP contribution is 2.28. The molecule has 0 fully saturated rings. The molecule has 0 aromatic heterocycles. The van der Waals surface area contributed by atoms with Crippen LogP contribution in [0.3, 0.4) is 0 Å². The maximum absolute atomic E-state index is 12.0. The molecule has 1 aromatic carbocycles. The Hall–Kier alpha value is -1.69. The van der Waals surface area contributed by atoms with Gasteiger partial charge in [-0.2, -0.15) is 0 Å². The summed E-state index contributed by atoms with van der Waals surface area (Å²) in [6.45, 7) is 1.51. The van der Waals surface area contributed by atoms with E-state index in [1.807, 2.05) is 6.26 Å². The zero-order valence-corrected chi connectivity index (χ0v) is 11.2. The summed E-state index contributed by atoms with van der Waals surface area (Å²) in [5, 5.41) is 10.7. The summed E-state index contributed by atoms with van der Waals surface area (Å²) < 4.78 is 5.18. The minimum atomic E-state index is -1.22. The van der Waals surface area contributed by atoms with Crippen LogP contribution in [0, 0.1) is 0 Å². The molecule has 0 heterocycles. The minimum absolute atomic E-state index is 0.289. The molecule has 1 atom stereocenters. The number of amides is 1. The van der Waals surface area contributed by atoms with Crippen molar-refractivity contribution in [3.05, 3.63) is 23.8 Å². The summed E-state index contributed by atoms with van der Waals surface area (Å²) in [4.78, 5) is 23.4. The summed E-state index contributed by atoms with van der Waals surface area (Å²) >= 11 is 1.51. The fraction of sp³-hybridized carbons (Fsp3) is 0.333. The van der Waals surface area contributed by atoms with E-state index < -0.39 is 12.1 Å². The quantitative estimate of drug-likeness (QED) is 0.633. The first-order valence-corrected chi connectivity index (χ1v) is 6.47. The highest BCUT2D eigenvalue weighted by molar-refractivity contribution is 7.98. The van der Waals surface area contributed by atoms with Crippen LogP contribution in [0.15, 0.2) is 23.1 Å². The standard InChI is InChI=1S/C12H15NO4S/c1-7(13-12(15)16)11(14)8-4-5-10(18-3)9(6-8)17-2/h4-7,13H,1-3H3,(H,15,16)/t7-/m1/s1. The zero-order valence-electron chi connectivity index (χ0n) is 10.4. The second-order valence-corrected chi connectivity index (χ2v) is 4.45. The van der Waals surface area contributed by atoms with Gasteiger partial charge in [-0.3, -0.25) is 4.79 Å². The fourth-order valence-electron chi connectivity index (χ4n) is 1.49.